The second kappa shape index (κ2) is 8.95. The van der Waals surface area contributed by atoms with Crippen LogP contribution < -0.4 is 16.0 Å². The van der Waals surface area contributed by atoms with Gasteiger partial charge in [0.15, 0.2) is 5.11 Å². The third-order valence-electron chi connectivity index (χ3n) is 2.92. The molecule has 5 nitrogen and oxygen atoms in total. The Morgan fingerprint density at radius 2 is 1.96 bits per heavy atom. The van der Waals surface area contributed by atoms with Gasteiger partial charge in [-0.1, -0.05) is 6.07 Å². The van der Waals surface area contributed by atoms with Crippen LogP contribution in [0, 0.1) is 0 Å². The van der Waals surface area contributed by atoms with Crippen molar-refractivity contribution in [2.75, 3.05) is 11.9 Å². The Morgan fingerprint density at radius 1 is 1.21 bits per heavy atom. The molecule has 1 aromatic carbocycles. The Hall–Kier alpha value is -2.51. The van der Waals surface area contributed by atoms with E-state index in [4.69, 9.17) is 12.2 Å². The van der Waals surface area contributed by atoms with Crippen molar-refractivity contribution in [3.8, 4) is 0 Å². The molecule has 0 saturated carbocycles. The summed E-state index contributed by atoms with van der Waals surface area (Å²) in [7, 11) is 0. The van der Waals surface area contributed by atoms with Gasteiger partial charge in [0.25, 0.3) is 5.91 Å². The molecular weight excluding hydrogens is 342 g/mol. The molecule has 0 aliphatic heterocycles. The Labute approximate surface area is 149 Å². The van der Waals surface area contributed by atoms with Crippen molar-refractivity contribution in [2.45, 2.75) is 6.92 Å². The lowest BCUT2D eigenvalue weighted by atomic mass is 10.2. The first-order valence-corrected chi connectivity index (χ1v) is 8.59. The van der Waals surface area contributed by atoms with Crippen molar-refractivity contribution in [1.82, 2.24) is 10.6 Å². The molecule has 2 amide bonds. The van der Waals surface area contributed by atoms with E-state index in [2.05, 4.69) is 16.0 Å². The summed E-state index contributed by atoms with van der Waals surface area (Å²) in [4.78, 5) is 24.4. The fraction of sp³-hybridized carbons (Fsp3) is 0.118. The van der Waals surface area contributed by atoms with Gasteiger partial charge in [-0.3, -0.25) is 14.9 Å². The number of benzene rings is 1. The van der Waals surface area contributed by atoms with Crippen molar-refractivity contribution in [3.63, 3.8) is 0 Å². The highest BCUT2D eigenvalue weighted by Gasteiger charge is 2.05. The van der Waals surface area contributed by atoms with Gasteiger partial charge in [-0.15, -0.1) is 11.3 Å². The summed E-state index contributed by atoms with van der Waals surface area (Å²) in [5.41, 5.74) is 1.26. The Kier molecular flexibility index (Phi) is 6.65. The van der Waals surface area contributed by atoms with Crippen LogP contribution in [0.4, 0.5) is 5.69 Å². The third kappa shape index (κ3) is 5.60. The first-order valence-electron chi connectivity index (χ1n) is 7.30. The topological polar surface area (TPSA) is 70.2 Å². The zero-order chi connectivity index (χ0) is 17.4. The van der Waals surface area contributed by atoms with Crippen LogP contribution in [0.25, 0.3) is 6.08 Å². The normalized spacial score (nSPS) is 10.4. The zero-order valence-electron chi connectivity index (χ0n) is 13.0. The molecule has 24 heavy (non-hydrogen) atoms. The summed E-state index contributed by atoms with van der Waals surface area (Å²) >= 11 is 6.64. The van der Waals surface area contributed by atoms with Gasteiger partial charge in [0, 0.05) is 28.7 Å². The second-order valence-electron chi connectivity index (χ2n) is 4.73. The van der Waals surface area contributed by atoms with Crippen LogP contribution in [0.2, 0.25) is 0 Å². The van der Waals surface area contributed by atoms with Gasteiger partial charge in [-0.25, -0.2) is 0 Å². The van der Waals surface area contributed by atoms with Gasteiger partial charge in [0.1, 0.15) is 0 Å². The van der Waals surface area contributed by atoms with Gasteiger partial charge in [0.05, 0.1) is 0 Å². The number of carbonyl (C=O) groups excluding carboxylic acids is 2. The molecule has 0 unspecified atom stereocenters. The molecule has 0 aliphatic carbocycles. The summed E-state index contributed by atoms with van der Waals surface area (Å²) in [6.07, 6.45) is 3.15. The monoisotopic (exact) mass is 359 g/mol. The van der Waals surface area contributed by atoms with E-state index in [1.807, 2.05) is 24.4 Å². The first kappa shape index (κ1) is 17.8. The van der Waals surface area contributed by atoms with Crippen LogP contribution in [-0.2, 0) is 4.79 Å². The number of nitrogens with one attached hydrogen (secondary N) is 3. The van der Waals surface area contributed by atoms with Crippen molar-refractivity contribution in [3.05, 3.63) is 58.3 Å². The molecule has 0 saturated heterocycles. The lowest BCUT2D eigenvalue weighted by Crippen LogP contribution is -2.32. The van der Waals surface area contributed by atoms with Gasteiger partial charge in [-0.05, 0) is 60.9 Å². The summed E-state index contributed by atoms with van der Waals surface area (Å²) in [6.45, 7) is 2.44. The molecule has 0 radical (unpaired) electrons. The van der Waals surface area contributed by atoms with E-state index in [9.17, 15) is 9.59 Å². The minimum absolute atomic E-state index is 0.126. The molecule has 7 heteroatoms. The van der Waals surface area contributed by atoms with Crippen LogP contribution in [0.1, 0.15) is 22.2 Å². The molecule has 0 fully saturated rings. The average Bonchev–Trinajstić information content (AvgIpc) is 3.07. The lowest BCUT2D eigenvalue weighted by Gasteiger charge is -2.09. The number of hydrogen-bond donors (Lipinski definition) is 3. The smallest absolute Gasteiger partial charge is 0.251 e. The molecule has 0 spiro atoms. The van der Waals surface area contributed by atoms with E-state index < -0.39 is 0 Å². The highest BCUT2D eigenvalue weighted by Crippen LogP contribution is 2.11. The van der Waals surface area contributed by atoms with E-state index in [1.54, 1.807) is 41.7 Å². The maximum absolute atomic E-state index is 11.8. The van der Waals surface area contributed by atoms with E-state index >= 15 is 0 Å². The number of hydrogen-bond acceptors (Lipinski definition) is 4. The molecular formula is C17H17N3O2S2. The van der Waals surface area contributed by atoms with E-state index in [1.165, 1.54) is 6.08 Å². The molecule has 124 valence electrons. The molecule has 0 atom stereocenters. The minimum atomic E-state index is -0.306. The van der Waals surface area contributed by atoms with E-state index in [0.29, 0.717) is 17.8 Å². The molecule has 0 aliphatic rings. The largest absolute Gasteiger partial charge is 0.352 e. The van der Waals surface area contributed by atoms with Crippen LogP contribution in [-0.4, -0.2) is 23.5 Å². The van der Waals surface area contributed by atoms with Crippen molar-refractivity contribution >= 4 is 52.2 Å². The molecule has 1 heterocycles. The van der Waals surface area contributed by atoms with Crippen LogP contribution in [0.3, 0.4) is 0 Å². The first-order chi connectivity index (χ1) is 11.6. The predicted molar refractivity (Wildman–Crippen MR) is 102 cm³/mol. The van der Waals surface area contributed by atoms with Gasteiger partial charge in [0.2, 0.25) is 5.91 Å². The summed E-state index contributed by atoms with van der Waals surface area (Å²) in [6, 6.07) is 10.7. The van der Waals surface area contributed by atoms with E-state index in [-0.39, 0.29) is 16.9 Å². The second-order valence-corrected chi connectivity index (χ2v) is 6.12. The van der Waals surface area contributed by atoms with Gasteiger partial charge < -0.3 is 10.6 Å². The standard InChI is InChI=1S/C17H17N3O2S2/c1-2-18-16(22)12-5-7-13(8-6-12)19-17(23)20-15(21)10-9-14-4-3-11-24-14/h3-11H,2H2,1H3,(H,18,22)(H2,19,20,21,23)/b10-9+. The predicted octanol–water partition coefficient (Wildman–Crippen LogP) is 3.02. The van der Waals surface area contributed by atoms with Crippen LogP contribution in [0.15, 0.2) is 47.9 Å². The van der Waals surface area contributed by atoms with Gasteiger partial charge >= 0.3 is 0 Å². The number of carbonyl (C=O) groups is 2. The number of rotatable bonds is 5. The zero-order valence-corrected chi connectivity index (χ0v) is 14.7. The molecule has 3 N–H and O–H groups in total. The SMILES string of the molecule is CCNC(=O)c1ccc(NC(=S)NC(=O)/C=C/c2cccs2)cc1. The number of amides is 2. The summed E-state index contributed by atoms with van der Waals surface area (Å²) in [5, 5.41) is 10.3. The van der Waals surface area contributed by atoms with Crippen LogP contribution >= 0.6 is 23.6 Å². The molecule has 2 aromatic rings. The summed E-state index contributed by atoms with van der Waals surface area (Å²) in [5.74, 6) is -0.432. The molecule has 0 bridgehead atoms. The fourth-order valence-corrected chi connectivity index (χ4v) is 2.66. The number of thiophene rings is 1. The average molecular weight is 359 g/mol. The maximum atomic E-state index is 11.8. The number of thiocarbonyl (C=S) groups is 1. The fourth-order valence-electron chi connectivity index (χ4n) is 1.83. The van der Waals surface area contributed by atoms with Crippen LogP contribution in [0.5, 0.6) is 0 Å². The van der Waals surface area contributed by atoms with Gasteiger partial charge in [-0.2, -0.15) is 0 Å². The van der Waals surface area contributed by atoms with Crippen molar-refractivity contribution in [2.24, 2.45) is 0 Å². The highest BCUT2D eigenvalue weighted by molar-refractivity contribution is 7.80. The third-order valence-corrected chi connectivity index (χ3v) is 3.96. The Balaban J connectivity index is 1.85. The summed E-state index contributed by atoms with van der Waals surface area (Å²) < 4.78 is 0. The van der Waals surface area contributed by atoms with E-state index in [0.717, 1.165) is 4.88 Å². The van der Waals surface area contributed by atoms with Crippen molar-refractivity contribution < 1.29 is 9.59 Å². The van der Waals surface area contributed by atoms with Crippen molar-refractivity contribution in [1.29, 1.82) is 0 Å². The minimum Gasteiger partial charge on any atom is -0.352 e. The molecule has 2 rings (SSSR count). The quantitative estimate of drug-likeness (QED) is 0.567. The maximum Gasteiger partial charge on any atom is 0.251 e. The highest BCUT2D eigenvalue weighted by atomic mass is 32.1. The Morgan fingerprint density at radius 3 is 2.58 bits per heavy atom. The lowest BCUT2D eigenvalue weighted by molar-refractivity contribution is -0.115. The molecule has 1 aromatic heterocycles. The number of anilines is 1. The Bertz CT molecular complexity index is 738.